The summed E-state index contributed by atoms with van der Waals surface area (Å²) in [6.07, 6.45) is 0. The maximum atomic E-state index is 12.6. The van der Waals surface area contributed by atoms with Crippen molar-refractivity contribution in [3.8, 4) is 17.2 Å². The van der Waals surface area contributed by atoms with Crippen LogP contribution in [0.25, 0.3) is 22.5 Å². The van der Waals surface area contributed by atoms with Gasteiger partial charge in [0, 0.05) is 10.6 Å². The average Bonchev–Trinajstić information content (AvgIpc) is 3.15. The van der Waals surface area contributed by atoms with Crippen molar-refractivity contribution in [2.45, 2.75) is 13.5 Å². The minimum Gasteiger partial charge on any atom is -0.497 e. The SMILES string of the molecule is COc1ccc(-c2nnc(Cn3c(=O)c(C)nc4ccc(Cl)cc43)o2)cc1. The lowest BCUT2D eigenvalue weighted by Crippen LogP contribution is -2.24. The molecule has 0 aliphatic carbocycles. The molecule has 0 bridgehead atoms. The third-order valence-corrected chi connectivity index (χ3v) is 4.40. The molecule has 0 N–H and O–H groups in total. The fourth-order valence-electron chi connectivity index (χ4n) is 2.80. The molecule has 0 atom stereocenters. The standard InChI is InChI=1S/C19H15ClN4O3/c1-11-19(25)24(16-9-13(20)5-8-15(16)21-11)10-17-22-23-18(27-17)12-3-6-14(26-2)7-4-12/h3-9H,10H2,1-2H3. The minimum absolute atomic E-state index is 0.127. The summed E-state index contributed by atoms with van der Waals surface area (Å²) < 4.78 is 12.4. The van der Waals surface area contributed by atoms with Crippen LogP contribution in [-0.2, 0) is 6.54 Å². The Labute approximate surface area is 159 Å². The van der Waals surface area contributed by atoms with Gasteiger partial charge in [0.1, 0.15) is 18.0 Å². The molecule has 0 aliphatic heterocycles. The van der Waals surface area contributed by atoms with Gasteiger partial charge in [0.05, 0.1) is 18.1 Å². The highest BCUT2D eigenvalue weighted by molar-refractivity contribution is 6.31. The number of fused-ring (bicyclic) bond motifs is 1. The van der Waals surface area contributed by atoms with Crippen molar-refractivity contribution >= 4 is 22.6 Å². The van der Waals surface area contributed by atoms with Crippen LogP contribution in [0.1, 0.15) is 11.6 Å². The van der Waals surface area contributed by atoms with Crippen molar-refractivity contribution in [3.63, 3.8) is 0 Å². The summed E-state index contributed by atoms with van der Waals surface area (Å²) in [7, 11) is 1.60. The predicted octanol–water partition coefficient (Wildman–Crippen LogP) is 3.47. The van der Waals surface area contributed by atoms with Crippen molar-refractivity contribution in [1.82, 2.24) is 19.7 Å². The lowest BCUT2D eigenvalue weighted by Gasteiger charge is -2.09. The van der Waals surface area contributed by atoms with Crippen LogP contribution >= 0.6 is 11.6 Å². The van der Waals surface area contributed by atoms with Crippen molar-refractivity contribution in [1.29, 1.82) is 0 Å². The number of methoxy groups -OCH3 is 1. The van der Waals surface area contributed by atoms with Crippen LogP contribution in [0, 0.1) is 6.92 Å². The second kappa shape index (κ2) is 6.85. The summed E-state index contributed by atoms with van der Waals surface area (Å²) in [6, 6.07) is 12.5. The Hall–Kier alpha value is -3.19. The predicted molar refractivity (Wildman–Crippen MR) is 101 cm³/mol. The van der Waals surface area contributed by atoms with Gasteiger partial charge in [-0.1, -0.05) is 11.6 Å². The van der Waals surface area contributed by atoms with E-state index in [9.17, 15) is 4.79 Å². The fourth-order valence-corrected chi connectivity index (χ4v) is 2.97. The van der Waals surface area contributed by atoms with Crippen LogP contribution in [-0.4, -0.2) is 26.9 Å². The Morgan fingerprint density at radius 3 is 2.67 bits per heavy atom. The van der Waals surface area contributed by atoms with Crippen LogP contribution < -0.4 is 10.3 Å². The molecule has 4 aromatic rings. The Morgan fingerprint density at radius 1 is 1.15 bits per heavy atom. The van der Waals surface area contributed by atoms with E-state index < -0.39 is 0 Å². The minimum atomic E-state index is -0.228. The summed E-state index contributed by atoms with van der Waals surface area (Å²) in [5, 5.41) is 8.66. The zero-order chi connectivity index (χ0) is 19.0. The number of nitrogens with zero attached hydrogens (tertiary/aromatic N) is 4. The van der Waals surface area contributed by atoms with Crippen molar-refractivity contribution in [3.05, 3.63) is 69.4 Å². The number of halogens is 1. The highest BCUT2D eigenvalue weighted by atomic mass is 35.5. The lowest BCUT2D eigenvalue weighted by atomic mass is 10.2. The third kappa shape index (κ3) is 3.29. The van der Waals surface area contributed by atoms with Gasteiger partial charge >= 0.3 is 0 Å². The molecule has 0 unspecified atom stereocenters. The van der Waals surface area contributed by atoms with Gasteiger partial charge in [-0.3, -0.25) is 9.36 Å². The van der Waals surface area contributed by atoms with Gasteiger partial charge < -0.3 is 9.15 Å². The van der Waals surface area contributed by atoms with Crippen molar-refractivity contribution < 1.29 is 9.15 Å². The Balaban J connectivity index is 1.72. The van der Waals surface area contributed by atoms with Gasteiger partial charge in [-0.05, 0) is 49.4 Å². The quantitative estimate of drug-likeness (QED) is 0.537. The molecule has 136 valence electrons. The molecule has 0 amide bonds. The highest BCUT2D eigenvalue weighted by Gasteiger charge is 2.14. The molecule has 2 aromatic carbocycles. The maximum absolute atomic E-state index is 12.6. The zero-order valence-corrected chi connectivity index (χ0v) is 15.4. The van der Waals surface area contributed by atoms with Crippen LogP contribution in [0.4, 0.5) is 0 Å². The first kappa shape index (κ1) is 17.2. The largest absolute Gasteiger partial charge is 0.497 e. The number of hydrogen-bond donors (Lipinski definition) is 0. The van der Waals surface area contributed by atoms with Gasteiger partial charge in [0.25, 0.3) is 5.56 Å². The first-order chi connectivity index (χ1) is 13.0. The van der Waals surface area contributed by atoms with Crippen LogP contribution in [0.3, 0.4) is 0 Å². The Morgan fingerprint density at radius 2 is 1.93 bits per heavy atom. The average molecular weight is 383 g/mol. The van der Waals surface area contributed by atoms with Gasteiger partial charge in [-0.2, -0.15) is 0 Å². The molecule has 0 aliphatic rings. The molecule has 8 heteroatoms. The fraction of sp³-hybridized carbons (Fsp3) is 0.158. The third-order valence-electron chi connectivity index (χ3n) is 4.17. The molecule has 0 radical (unpaired) electrons. The Bertz CT molecular complexity index is 1180. The number of rotatable bonds is 4. The van der Waals surface area contributed by atoms with Gasteiger partial charge in [-0.15, -0.1) is 10.2 Å². The van der Waals surface area contributed by atoms with E-state index >= 15 is 0 Å². The van der Waals surface area contributed by atoms with E-state index in [1.807, 2.05) is 24.3 Å². The number of aromatic nitrogens is 4. The lowest BCUT2D eigenvalue weighted by molar-refractivity contribution is 0.415. The summed E-state index contributed by atoms with van der Waals surface area (Å²) in [5.41, 5.74) is 2.21. The Kier molecular flexibility index (Phi) is 4.37. The molecule has 2 heterocycles. The second-order valence-corrected chi connectivity index (χ2v) is 6.39. The van der Waals surface area contributed by atoms with E-state index in [-0.39, 0.29) is 12.1 Å². The molecule has 0 saturated heterocycles. The summed E-state index contributed by atoms with van der Waals surface area (Å²) in [4.78, 5) is 16.9. The summed E-state index contributed by atoms with van der Waals surface area (Å²) >= 11 is 6.09. The number of benzene rings is 2. The first-order valence-electron chi connectivity index (χ1n) is 8.18. The van der Waals surface area contributed by atoms with Gasteiger partial charge in [0.15, 0.2) is 0 Å². The van der Waals surface area contributed by atoms with Crippen LogP contribution in [0.2, 0.25) is 5.02 Å². The van der Waals surface area contributed by atoms with Gasteiger partial charge in [0.2, 0.25) is 11.8 Å². The molecule has 27 heavy (non-hydrogen) atoms. The van der Waals surface area contributed by atoms with E-state index in [2.05, 4.69) is 15.2 Å². The smallest absolute Gasteiger partial charge is 0.272 e. The first-order valence-corrected chi connectivity index (χ1v) is 8.56. The topological polar surface area (TPSA) is 83.0 Å². The monoisotopic (exact) mass is 382 g/mol. The molecule has 2 aromatic heterocycles. The van der Waals surface area contributed by atoms with E-state index in [1.54, 1.807) is 32.2 Å². The van der Waals surface area contributed by atoms with Crippen LogP contribution in [0.5, 0.6) is 5.75 Å². The molecular weight excluding hydrogens is 368 g/mol. The number of hydrogen-bond acceptors (Lipinski definition) is 6. The van der Waals surface area contributed by atoms with Crippen molar-refractivity contribution in [2.24, 2.45) is 0 Å². The summed E-state index contributed by atoms with van der Waals surface area (Å²) in [5.74, 6) is 1.42. The highest BCUT2D eigenvalue weighted by Crippen LogP contribution is 2.22. The zero-order valence-electron chi connectivity index (χ0n) is 14.6. The van der Waals surface area contributed by atoms with E-state index in [0.717, 1.165) is 11.3 Å². The normalized spacial score (nSPS) is 11.1. The van der Waals surface area contributed by atoms with Gasteiger partial charge in [-0.25, -0.2) is 4.98 Å². The molecule has 0 saturated carbocycles. The van der Waals surface area contributed by atoms with E-state index in [0.29, 0.717) is 33.5 Å². The molecular formula is C19H15ClN4O3. The van der Waals surface area contributed by atoms with Crippen LogP contribution in [0.15, 0.2) is 51.7 Å². The van der Waals surface area contributed by atoms with E-state index in [4.69, 9.17) is 20.8 Å². The molecule has 7 nitrogen and oxygen atoms in total. The number of aryl methyl sites for hydroxylation is 1. The second-order valence-electron chi connectivity index (χ2n) is 5.95. The molecule has 4 rings (SSSR count). The molecule has 0 fully saturated rings. The number of ether oxygens (including phenoxy) is 1. The molecule has 0 spiro atoms. The maximum Gasteiger partial charge on any atom is 0.272 e. The van der Waals surface area contributed by atoms with E-state index in [1.165, 1.54) is 4.57 Å². The van der Waals surface area contributed by atoms with Crippen molar-refractivity contribution in [2.75, 3.05) is 7.11 Å². The summed E-state index contributed by atoms with van der Waals surface area (Å²) in [6.45, 7) is 1.80.